The summed E-state index contributed by atoms with van der Waals surface area (Å²) in [5, 5.41) is 5.85. The van der Waals surface area contributed by atoms with Crippen molar-refractivity contribution in [3.05, 3.63) is 59.3 Å². The Balaban J connectivity index is 2.01. The second-order valence-electron chi connectivity index (χ2n) is 4.49. The number of hydrogen-bond donors (Lipinski definition) is 2. The summed E-state index contributed by atoms with van der Waals surface area (Å²) in [7, 11) is 1.80. The van der Waals surface area contributed by atoms with Gasteiger partial charge in [-0.15, -0.1) is 0 Å². The predicted octanol–water partition coefficient (Wildman–Crippen LogP) is 2.62. The van der Waals surface area contributed by atoms with E-state index in [9.17, 15) is 4.79 Å². The van der Waals surface area contributed by atoms with E-state index in [4.69, 9.17) is 0 Å². The lowest BCUT2D eigenvalue weighted by Crippen LogP contribution is -2.23. The number of amides is 1. The number of hydrogen-bond acceptors (Lipinski definition) is 3. The van der Waals surface area contributed by atoms with Crippen LogP contribution in [0.3, 0.4) is 0 Å². The zero-order chi connectivity index (χ0) is 14.4. The molecule has 2 N–H and O–H groups in total. The maximum Gasteiger partial charge on any atom is 0.253 e. The van der Waals surface area contributed by atoms with Crippen molar-refractivity contribution in [3.8, 4) is 0 Å². The van der Waals surface area contributed by atoms with Crippen LogP contribution in [0.4, 0.5) is 5.82 Å². The third kappa shape index (κ3) is 3.35. The highest BCUT2D eigenvalue weighted by atomic mass is 16.1. The van der Waals surface area contributed by atoms with Crippen LogP contribution in [0.25, 0.3) is 0 Å². The molecule has 0 spiro atoms. The molecule has 1 aromatic heterocycles. The Bertz CT molecular complexity index is 579. The van der Waals surface area contributed by atoms with Gasteiger partial charge in [-0.25, -0.2) is 4.98 Å². The molecule has 1 aromatic carbocycles. The number of anilines is 1. The van der Waals surface area contributed by atoms with Crippen molar-refractivity contribution in [2.75, 3.05) is 12.4 Å². The summed E-state index contributed by atoms with van der Waals surface area (Å²) in [6.45, 7) is 2.65. The lowest BCUT2D eigenvalue weighted by atomic mass is 10.1. The molecule has 20 heavy (non-hydrogen) atoms. The number of aromatic nitrogens is 1. The topological polar surface area (TPSA) is 54.0 Å². The van der Waals surface area contributed by atoms with E-state index >= 15 is 0 Å². The Kier molecular flexibility index (Phi) is 4.71. The fourth-order valence-corrected chi connectivity index (χ4v) is 2.03. The zero-order valence-corrected chi connectivity index (χ0v) is 11.8. The van der Waals surface area contributed by atoms with Crippen molar-refractivity contribution in [3.63, 3.8) is 0 Å². The highest BCUT2D eigenvalue weighted by Crippen LogP contribution is 2.10. The van der Waals surface area contributed by atoms with E-state index < -0.39 is 0 Å². The Hall–Kier alpha value is -2.36. The maximum absolute atomic E-state index is 12.0. The largest absolute Gasteiger partial charge is 0.373 e. The van der Waals surface area contributed by atoms with Gasteiger partial charge in [-0.1, -0.05) is 31.2 Å². The van der Waals surface area contributed by atoms with E-state index in [-0.39, 0.29) is 5.91 Å². The van der Waals surface area contributed by atoms with Crippen LogP contribution in [0, 0.1) is 0 Å². The van der Waals surface area contributed by atoms with Crippen molar-refractivity contribution in [1.82, 2.24) is 10.3 Å². The molecule has 0 aliphatic rings. The van der Waals surface area contributed by atoms with Gasteiger partial charge in [-0.2, -0.15) is 0 Å². The Morgan fingerprint density at radius 3 is 2.50 bits per heavy atom. The molecular formula is C16H19N3O. The predicted molar refractivity (Wildman–Crippen MR) is 80.8 cm³/mol. The van der Waals surface area contributed by atoms with Crippen LogP contribution < -0.4 is 10.6 Å². The summed E-state index contributed by atoms with van der Waals surface area (Å²) in [4.78, 5) is 16.2. The smallest absolute Gasteiger partial charge is 0.253 e. The SMILES string of the molecule is CCc1ccccc1CNC(=O)c1ccc(NC)nc1. The molecule has 0 aliphatic carbocycles. The molecule has 0 aliphatic heterocycles. The summed E-state index contributed by atoms with van der Waals surface area (Å²) in [6.07, 6.45) is 2.54. The van der Waals surface area contributed by atoms with E-state index in [2.05, 4.69) is 28.6 Å². The Morgan fingerprint density at radius 1 is 1.15 bits per heavy atom. The second-order valence-corrected chi connectivity index (χ2v) is 4.49. The molecule has 0 fully saturated rings. The van der Waals surface area contributed by atoms with Gasteiger partial charge in [0.1, 0.15) is 5.82 Å². The summed E-state index contributed by atoms with van der Waals surface area (Å²) in [5.74, 6) is 0.643. The lowest BCUT2D eigenvalue weighted by Gasteiger charge is -2.09. The van der Waals surface area contributed by atoms with Crippen LogP contribution in [-0.4, -0.2) is 17.9 Å². The maximum atomic E-state index is 12.0. The first kappa shape index (κ1) is 14.1. The molecule has 0 atom stereocenters. The quantitative estimate of drug-likeness (QED) is 0.877. The third-order valence-electron chi connectivity index (χ3n) is 3.22. The van der Waals surface area contributed by atoms with E-state index in [1.54, 1.807) is 25.4 Å². The Morgan fingerprint density at radius 2 is 1.90 bits per heavy atom. The number of pyridine rings is 1. The van der Waals surface area contributed by atoms with Gasteiger partial charge < -0.3 is 10.6 Å². The van der Waals surface area contributed by atoms with Crippen molar-refractivity contribution < 1.29 is 4.79 Å². The van der Waals surface area contributed by atoms with Gasteiger partial charge in [0.25, 0.3) is 5.91 Å². The molecule has 0 bridgehead atoms. The van der Waals surface area contributed by atoms with Gasteiger partial charge in [-0.05, 0) is 29.7 Å². The number of nitrogens with zero attached hydrogens (tertiary/aromatic N) is 1. The fourth-order valence-electron chi connectivity index (χ4n) is 2.03. The highest BCUT2D eigenvalue weighted by molar-refractivity contribution is 5.94. The molecule has 4 heteroatoms. The van der Waals surface area contributed by atoms with Crippen molar-refractivity contribution in [2.45, 2.75) is 19.9 Å². The molecular weight excluding hydrogens is 250 g/mol. The molecule has 4 nitrogen and oxygen atoms in total. The summed E-state index contributed by atoms with van der Waals surface area (Å²) in [5.41, 5.74) is 2.98. The van der Waals surface area contributed by atoms with Crippen molar-refractivity contribution >= 4 is 11.7 Å². The van der Waals surface area contributed by atoms with Crippen molar-refractivity contribution in [2.24, 2.45) is 0 Å². The summed E-state index contributed by atoms with van der Waals surface area (Å²) >= 11 is 0. The van der Waals surface area contributed by atoms with Crippen LogP contribution in [0.2, 0.25) is 0 Å². The number of carbonyl (C=O) groups excluding carboxylic acids is 1. The first-order valence-corrected chi connectivity index (χ1v) is 6.73. The Labute approximate surface area is 119 Å². The first-order valence-electron chi connectivity index (χ1n) is 6.73. The minimum absolute atomic E-state index is 0.106. The fraction of sp³-hybridized carbons (Fsp3) is 0.250. The standard InChI is InChI=1S/C16H19N3O/c1-3-12-6-4-5-7-13(12)10-19-16(20)14-8-9-15(17-2)18-11-14/h4-9,11H,3,10H2,1-2H3,(H,17,18)(H,19,20). The summed E-state index contributed by atoms with van der Waals surface area (Å²) in [6, 6.07) is 11.7. The number of nitrogens with one attached hydrogen (secondary N) is 2. The van der Waals surface area contributed by atoms with Crippen LogP contribution in [-0.2, 0) is 13.0 Å². The average Bonchev–Trinajstić information content (AvgIpc) is 2.53. The second kappa shape index (κ2) is 6.70. The summed E-state index contributed by atoms with van der Waals surface area (Å²) < 4.78 is 0. The number of benzene rings is 1. The van der Waals surface area contributed by atoms with Crippen LogP contribution >= 0.6 is 0 Å². The van der Waals surface area contributed by atoms with Gasteiger partial charge in [0.05, 0.1) is 5.56 Å². The molecule has 0 radical (unpaired) electrons. The molecule has 0 saturated heterocycles. The normalized spacial score (nSPS) is 10.1. The van der Waals surface area contributed by atoms with E-state index in [0.717, 1.165) is 17.8 Å². The minimum Gasteiger partial charge on any atom is -0.373 e. The monoisotopic (exact) mass is 269 g/mol. The zero-order valence-electron chi connectivity index (χ0n) is 11.8. The van der Waals surface area contributed by atoms with Gasteiger partial charge >= 0.3 is 0 Å². The van der Waals surface area contributed by atoms with E-state index in [0.29, 0.717) is 12.1 Å². The third-order valence-corrected chi connectivity index (χ3v) is 3.22. The van der Waals surface area contributed by atoms with Gasteiger partial charge in [0, 0.05) is 19.8 Å². The molecule has 2 aromatic rings. The van der Waals surface area contributed by atoms with Gasteiger partial charge in [0.2, 0.25) is 0 Å². The van der Waals surface area contributed by atoms with Crippen LogP contribution in [0.1, 0.15) is 28.4 Å². The van der Waals surface area contributed by atoms with Crippen LogP contribution in [0.5, 0.6) is 0 Å². The number of rotatable bonds is 5. The molecule has 104 valence electrons. The number of carbonyl (C=O) groups is 1. The van der Waals surface area contributed by atoms with Crippen LogP contribution in [0.15, 0.2) is 42.6 Å². The molecule has 1 amide bonds. The van der Waals surface area contributed by atoms with Crippen molar-refractivity contribution in [1.29, 1.82) is 0 Å². The van der Waals surface area contributed by atoms with Gasteiger partial charge in [0.15, 0.2) is 0 Å². The highest BCUT2D eigenvalue weighted by Gasteiger charge is 2.07. The molecule has 2 rings (SSSR count). The number of aryl methyl sites for hydroxylation is 1. The molecule has 0 saturated carbocycles. The minimum atomic E-state index is -0.106. The van der Waals surface area contributed by atoms with E-state index in [1.807, 2.05) is 18.2 Å². The molecule has 1 heterocycles. The molecule has 0 unspecified atom stereocenters. The van der Waals surface area contributed by atoms with E-state index in [1.165, 1.54) is 5.56 Å². The first-order chi connectivity index (χ1) is 9.74. The average molecular weight is 269 g/mol. The van der Waals surface area contributed by atoms with Gasteiger partial charge in [-0.3, -0.25) is 4.79 Å². The lowest BCUT2D eigenvalue weighted by molar-refractivity contribution is 0.0950.